The van der Waals surface area contributed by atoms with Crippen LogP contribution in [0.25, 0.3) is 10.8 Å². The summed E-state index contributed by atoms with van der Waals surface area (Å²) in [5, 5.41) is 18.9. The van der Waals surface area contributed by atoms with E-state index < -0.39 is 22.8 Å². The van der Waals surface area contributed by atoms with Gasteiger partial charge in [-0.2, -0.15) is 8.42 Å². The van der Waals surface area contributed by atoms with Gasteiger partial charge in [-0.25, -0.2) is 0 Å². The highest BCUT2D eigenvalue weighted by atomic mass is 32.2. The van der Waals surface area contributed by atoms with Crippen molar-refractivity contribution in [3.8, 4) is 5.75 Å². The molecule has 7 heteroatoms. The SMILES string of the molecule is O=S(=O)(O)c1c(OCC(O)CO)ccc2ccccc12. The lowest BCUT2D eigenvalue weighted by atomic mass is 10.1. The Hall–Kier alpha value is -1.67. The van der Waals surface area contributed by atoms with E-state index in [1.54, 1.807) is 30.3 Å². The molecule has 0 aliphatic heterocycles. The average molecular weight is 298 g/mol. The second-order valence-corrected chi connectivity index (χ2v) is 5.59. The molecule has 3 N–H and O–H groups in total. The van der Waals surface area contributed by atoms with Crippen molar-refractivity contribution in [1.82, 2.24) is 0 Å². The molecule has 1 atom stereocenters. The zero-order valence-corrected chi connectivity index (χ0v) is 11.2. The normalized spacial score (nSPS) is 13.3. The van der Waals surface area contributed by atoms with Crippen LogP contribution < -0.4 is 4.74 Å². The highest BCUT2D eigenvalue weighted by molar-refractivity contribution is 7.86. The topological polar surface area (TPSA) is 104 Å². The minimum Gasteiger partial charge on any atom is -0.489 e. The van der Waals surface area contributed by atoms with Gasteiger partial charge >= 0.3 is 0 Å². The maximum absolute atomic E-state index is 11.5. The lowest BCUT2D eigenvalue weighted by Crippen LogP contribution is -2.22. The Labute approximate surface area is 116 Å². The first kappa shape index (κ1) is 14.7. The van der Waals surface area contributed by atoms with Crippen LogP contribution in [0, 0.1) is 0 Å². The second kappa shape index (κ2) is 5.76. The summed E-state index contributed by atoms with van der Waals surface area (Å²) in [5.74, 6) is -0.0706. The third-order valence-corrected chi connectivity index (χ3v) is 3.68. The van der Waals surface area contributed by atoms with E-state index in [2.05, 4.69) is 0 Å². The molecule has 0 fully saturated rings. The molecule has 2 aromatic carbocycles. The number of fused-ring (bicyclic) bond motifs is 1. The van der Waals surface area contributed by atoms with Gasteiger partial charge < -0.3 is 14.9 Å². The van der Waals surface area contributed by atoms with E-state index in [-0.39, 0.29) is 17.3 Å². The molecule has 0 heterocycles. The number of aliphatic hydroxyl groups is 2. The van der Waals surface area contributed by atoms with Gasteiger partial charge in [0.15, 0.2) is 0 Å². The third kappa shape index (κ3) is 3.07. The van der Waals surface area contributed by atoms with E-state index in [0.29, 0.717) is 10.8 Å². The molecule has 0 radical (unpaired) electrons. The van der Waals surface area contributed by atoms with E-state index >= 15 is 0 Å². The van der Waals surface area contributed by atoms with Crippen LogP contribution in [0.15, 0.2) is 41.3 Å². The molecule has 20 heavy (non-hydrogen) atoms. The number of aliphatic hydroxyl groups excluding tert-OH is 2. The van der Waals surface area contributed by atoms with Crippen molar-refractivity contribution in [2.24, 2.45) is 0 Å². The molecule has 0 aromatic heterocycles. The van der Waals surface area contributed by atoms with E-state index in [4.69, 9.17) is 9.84 Å². The fourth-order valence-corrected chi connectivity index (χ4v) is 2.69. The molecule has 2 aromatic rings. The zero-order chi connectivity index (χ0) is 14.8. The van der Waals surface area contributed by atoms with Crippen LogP contribution in [0.4, 0.5) is 0 Å². The molecule has 0 saturated carbocycles. The molecule has 0 spiro atoms. The van der Waals surface area contributed by atoms with Crippen LogP contribution in [0.3, 0.4) is 0 Å². The zero-order valence-electron chi connectivity index (χ0n) is 10.4. The number of hydrogen-bond donors (Lipinski definition) is 3. The summed E-state index contributed by atoms with van der Waals surface area (Å²) in [6.45, 7) is -0.786. The van der Waals surface area contributed by atoms with Crippen molar-refractivity contribution < 1.29 is 27.9 Å². The Balaban J connectivity index is 2.54. The van der Waals surface area contributed by atoms with Gasteiger partial charge in [0.1, 0.15) is 23.4 Å². The molecule has 108 valence electrons. The summed E-state index contributed by atoms with van der Waals surface area (Å²) in [4.78, 5) is -0.347. The summed E-state index contributed by atoms with van der Waals surface area (Å²) in [6.07, 6.45) is -1.13. The maximum Gasteiger partial charge on any atom is 0.298 e. The van der Waals surface area contributed by atoms with Crippen molar-refractivity contribution in [1.29, 1.82) is 0 Å². The summed E-state index contributed by atoms with van der Waals surface area (Å²) < 4.78 is 37.6. The van der Waals surface area contributed by atoms with Gasteiger partial charge in [-0.05, 0) is 11.5 Å². The molecule has 0 saturated heterocycles. The Bertz CT molecular complexity index is 710. The molecule has 6 nitrogen and oxygen atoms in total. The van der Waals surface area contributed by atoms with Crippen LogP contribution in [-0.2, 0) is 10.1 Å². The van der Waals surface area contributed by atoms with Crippen molar-refractivity contribution in [3.05, 3.63) is 36.4 Å². The molecular formula is C13H14O6S. The van der Waals surface area contributed by atoms with E-state index in [0.717, 1.165) is 0 Å². The summed E-state index contributed by atoms with van der Waals surface area (Å²) in [5.41, 5.74) is 0. The monoisotopic (exact) mass is 298 g/mol. The maximum atomic E-state index is 11.5. The Morgan fingerprint density at radius 2 is 1.85 bits per heavy atom. The Kier molecular flexibility index (Phi) is 4.24. The first-order chi connectivity index (χ1) is 9.43. The quantitative estimate of drug-likeness (QED) is 0.706. The van der Waals surface area contributed by atoms with Gasteiger partial charge in [-0.1, -0.05) is 30.3 Å². The standard InChI is InChI=1S/C13H14O6S/c14-7-10(15)8-19-12-6-5-9-3-1-2-4-11(9)13(12)20(16,17)18/h1-6,10,14-15H,7-8H2,(H,16,17,18). The summed E-state index contributed by atoms with van der Waals surface area (Å²) in [6, 6.07) is 9.68. The van der Waals surface area contributed by atoms with Crippen molar-refractivity contribution >= 4 is 20.9 Å². The second-order valence-electron chi connectivity index (χ2n) is 4.24. The molecule has 0 aliphatic rings. The van der Waals surface area contributed by atoms with Gasteiger partial charge in [0.05, 0.1) is 6.61 Å². The highest BCUT2D eigenvalue weighted by Gasteiger charge is 2.21. The van der Waals surface area contributed by atoms with Crippen molar-refractivity contribution in [2.45, 2.75) is 11.0 Å². The van der Waals surface area contributed by atoms with E-state index in [9.17, 15) is 18.1 Å². The van der Waals surface area contributed by atoms with Crippen molar-refractivity contribution in [3.63, 3.8) is 0 Å². The summed E-state index contributed by atoms with van der Waals surface area (Å²) >= 11 is 0. The predicted octanol–water partition coefficient (Wildman–Crippen LogP) is 0.818. The number of benzene rings is 2. The fraction of sp³-hybridized carbons (Fsp3) is 0.231. The molecule has 1 unspecified atom stereocenters. The van der Waals surface area contributed by atoms with Crippen LogP contribution >= 0.6 is 0 Å². The van der Waals surface area contributed by atoms with Gasteiger partial charge in [0, 0.05) is 5.39 Å². The number of hydrogen-bond acceptors (Lipinski definition) is 5. The number of rotatable bonds is 5. The minimum atomic E-state index is -4.48. The average Bonchev–Trinajstić information content (AvgIpc) is 2.42. The minimum absolute atomic E-state index is 0.0706. The van der Waals surface area contributed by atoms with Crippen molar-refractivity contribution in [2.75, 3.05) is 13.2 Å². The van der Waals surface area contributed by atoms with Crippen LogP contribution in [-0.4, -0.2) is 42.5 Å². The molecule has 0 bridgehead atoms. The van der Waals surface area contributed by atoms with Gasteiger partial charge in [-0.15, -0.1) is 0 Å². The van der Waals surface area contributed by atoms with E-state index in [1.165, 1.54) is 6.07 Å². The van der Waals surface area contributed by atoms with Gasteiger partial charge in [0.25, 0.3) is 10.1 Å². The summed E-state index contributed by atoms with van der Waals surface area (Å²) in [7, 11) is -4.48. The predicted molar refractivity (Wildman–Crippen MR) is 72.4 cm³/mol. The molecule has 0 amide bonds. The Morgan fingerprint density at radius 3 is 2.50 bits per heavy atom. The third-order valence-electron chi connectivity index (χ3n) is 2.74. The van der Waals surface area contributed by atoms with Crippen LogP contribution in [0.1, 0.15) is 0 Å². The molecule has 2 rings (SSSR count). The van der Waals surface area contributed by atoms with Crippen LogP contribution in [0.5, 0.6) is 5.75 Å². The van der Waals surface area contributed by atoms with Gasteiger partial charge in [0.2, 0.25) is 0 Å². The lowest BCUT2D eigenvalue weighted by Gasteiger charge is -2.14. The fourth-order valence-electron chi connectivity index (χ4n) is 1.84. The largest absolute Gasteiger partial charge is 0.489 e. The molecule has 0 aliphatic carbocycles. The van der Waals surface area contributed by atoms with Gasteiger partial charge in [-0.3, -0.25) is 4.55 Å². The lowest BCUT2D eigenvalue weighted by molar-refractivity contribution is 0.0527. The molecular weight excluding hydrogens is 284 g/mol. The first-order valence-corrected chi connectivity index (χ1v) is 7.28. The van der Waals surface area contributed by atoms with E-state index in [1.807, 2.05) is 0 Å². The Morgan fingerprint density at radius 1 is 1.15 bits per heavy atom. The first-order valence-electron chi connectivity index (χ1n) is 5.84. The van der Waals surface area contributed by atoms with Crippen LogP contribution in [0.2, 0.25) is 0 Å². The number of ether oxygens (including phenoxy) is 1. The highest BCUT2D eigenvalue weighted by Crippen LogP contribution is 2.32. The smallest absolute Gasteiger partial charge is 0.298 e.